The molecule has 0 amide bonds. The maximum Gasteiger partial charge on any atom is 2.00 e. The molecule has 0 radical (unpaired) electrons. The average molecular weight is 213 g/mol. The van der Waals surface area contributed by atoms with Gasteiger partial charge in [0.05, 0.1) is 0 Å². The monoisotopic (exact) mass is 213 g/mol. The van der Waals surface area contributed by atoms with Crippen LogP contribution >= 0.6 is 0 Å². The van der Waals surface area contributed by atoms with Crippen LogP contribution in [0.2, 0.25) is 0 Å². The minimum absolute atomic E-state index is 0. The van der Waals surface area contributed by atoms with E-state index in [1.165, 1.54) is 6.08 Å². The second-order valence-corrected chi connectivity index (χ2v) is 2.40. The van der Waals surface area contributed by atoms with Crippen LogP contribution in [0.25, 0.3) is 0 Å². The number of hydrogen-bond donors (Lipinski definition) is 0. The first-order chi connectivity index (χ1) is 5.74. The van der Waals surface area contributed by atoms with Gasteiger partial charge in [0.1, 0.15) is 6.61 Å². The summed E-state index contributed by atoms with van der Waals surface area (Å²) >= 11 is 0. The third-order valence-corrected chi connectivity index (χ3v) is 1.71. The van der Waals surface area contributed by atoms with Crippen molar-refractivity contribution < 1.29 is 12.4 Å². The van der Waals surface area contributed by atoms with Gasteiger partial charge in [-0.3, -0.25) is 0 Å². The van der Waals surface area contributed by atoms with Gasteiger partial charge >= 0.3 is 43.7 Å². The molecule has 0 aromatic carbocycles. The molecule has 0 saturated heterocycles. The molecule has 4 heteroatoms. The number of rotatable bonds is 6. The summed E-state index contributed by atoms with van der Waals surface area (Å²) in [5, 5.41) is 0. The van der Waals surface area contributed by atoms with Gasteiger partial charge in [-0.05, 0) is 13.1 Å². The van der Waals surface area contributed by atoms with E-state index in [1.807, 2.05) is 0 Å². The molecule has 74 valence electrons. The molecular weight excluding hydrogens is 194 g/mol. The van der Waals surface area contributed by atoms with Gasteiger partial charge in [0.15, 0.2) is 0 Å². The Morgan fingerprint density at radius 1 is 1.54 bits per heavy atom. The van der Waals surface area contributed by atoms with Crippen molar-refractivity contribution in [3.63, 3.8) is 0 Å². The first-order valence-corrected chi connectivity index (χ1v) is 4.26. The fraction of sp³-hybridized carbons (Fsp3) is 0.667. The van der Waals surface area contributed by atoms with Crippen molar-refractivity contribution in [2.24, 2.45) is 0 Å². The van der Waals surface area contributed by atoms with Crippen LogP contribution in [0.3, 0.4) is 0 Å². The third-order valence-electron chi connectivity index (χ3n) is 1.71. The van der Waals surface area contributed by atoms with E-state index < -0.39 is 0 Å². The molecule has 0 aliphatic rings. The molecule has 0 rings (SSSR count). The number of likely N-dealkylation sites (N-methyl/N-ethyl adjacent to an activating group) is 1. The zero-order valence-electron chi connectivity index (χ0n) is 10.6. The summed E-state index contributed by atoms with van der Waals surface area (Å²) in [5.74, 6) is -0.345. The second kappa shape index (κ2) is 10.5. The standard InChI is InChI=1S/C9H17NO2.Ca.2H/c1-4-9(11)12-8-7-10(5-2)6-3;;;/h4H,1,5-8H2,2-3H3;;;/q;+2;2*-1. The smallest absolute Gasteiger partial charge is 1.00 e. The van der Waals surface area contributed by atoms with Crippen molar-refractivity contribution in [1.29, 1.82) is 0 Å². The van der Waals surface area contributed by atoms with E-state index in [-0.39, 0.29) is 46.6 Å². The van der Waals surface area contributed by atoms with E-state index in [1.54, 1.807) is 0 Å². The van der Waals surface area contributed by atoms with Crippen LogP contribution in [0.5, 0.6) is 0 Å². The fourth-order valence-corrected chi connectivity index (χ4v) is 0.874. The van der Waals surface area contributed by atoms with Crippen LogP contribution in [-0.2, 0) is 9.53 Å². The molecule has 0 aromatic heterocycles. The fourth-order valence-electron chi connectivity index (χ4n) is 0.874. The van der Waals surface area contributed by atoms with E-state index in [2.05, 4.69) is 25.3 Å². The van der Waals surface area contributed by atoms with Crippen molar-refractivity contribution in [3.8, 4) is 0 Å². The van der Waals surface area contributed by atoms with Gasteiger partial charge in [0, 0.05) is 12.6 Å². The maximum atomic E-state index is 10.6. The van der Waals surface area contributed by atoms with Crippen LogP contribution in [0.15, 0.2) is 12.7 Å². The molecule has 0 atom stereocenters. The molecule has 0 aromatic rings. The molecule has 3 nitrogen and oxygen atoms in total. The van der Waals surface area contributed by atoms with Gasteiger partial charge in [0.2, 0.25) is 0 Å². The molecule has 13 heavy (non-hydrogen) atoms. The summed E-state index contributed by atoms with van der Waals surface area (Å²) in [6, 6.07) is 0. The quantitative estimate of drug-likeness (QED) is 0.373. The Morgan fingerprint density at radius 2 is 2.08 bits per heavy atom. The molecule has 0 aliphatic heterocycles. The topological polar surface area (TPSA) is 29.5 Å². The predicted octanol–water partition coefficient (Wildman–Crippen LogP) is 0.902. The Bertz CT molecular complexity index is 155. The van der Waals surface area contributed by atoms with Gasteiger partial charge < -0.3 is 12.5 Å². The summed E-state index contributed by atoms with van der Waals surface area (Å²) in [4.78, 5) is 12.8. The number of ether oxygens (including phenoxy) is 1. The van der Waals surface area contributed by atoms with Crippen LogP contribution in [-0.4, -0.2) is 74.8 Å². The Balaban J connectivity index is -0.000000202. The number of carbonyl (C=O) groups is 1. The van der Waals surface area contributed by atoms with E-state index in [9.17, 15) is 4.79 Å². The summed E-state index contributed by atoms with van der Waals surface area (Å²) in [6.07, 6.45) is 1.18. The summed E-state index contributed by atoms with van der Waals surface area (Å²) in [7, 11) is 0. The Kier molecular flexibility index (Phi) is 12.8. The molecular formula is C9H19CaNO2. The van der Waals surface area contributed by atoms with E-state index >= 15 is 0 Å². The zero-order chi connectivity index (χ0) is 9.40. The van der Waals surface area contributed by atoms with Crippen molar-refractivity contribution >= 4 is 43.7 Å². The third kappa shape index (κ3) is 8.75. The molecule has 0 saturated carbocycles. The minimum Gasteiger partial charge on any atom is -1.00 e. The summed E-state index contributed by atoms with van der Waals surface area (Å²) in [5.41, 5.74) is 0. The zero-order valence-corrected chi connectivity index (χ0v) is 10.8. The first-order valence-electron chi connectivity index (χ1n) is 4.26. The Morgan fingerprint density at radius 3 is 2.46 bits per heavy atom. The maximum absolute atomic E-state index is 10.6. The van der Waals surface area contributed by atoms with E-state index in [0.29, 0.717) is 6.61 Å². The van der Waals surface area contributed by atoms with Gasteiger partial charge in [-0.15, -0.1) is 0 Å². The van der Waals surface area contributed by atoms with Crippen LogP contribution in [0.4, 0.5) is 0 Å². The normalized spacial score (nSPS) is 9.15. The number of carbonyl (C=O) groups excluding carboxylic acids is 1. The Hall–Kier alpha value is 0.430. The number of esters is 1. The van der Waals surface area contributed by atoms with Gasteiger partial charge in [-0.25, -0.2) is 4.79 Å². The predicted molar refractivity (Wildman–Crippen MR) is 56.9 cm³/mol. The summed E-state index contributed by atoms with van der Waals surface area (Å²) in [6.45, 7) is 10.7. The van der Waals surface area contributed by atoms with Crippen LogP contribution < -0.4 is 0 Å². The van der Waals surface area contributed by atoms with Crippen molar-refractivity contribution in [2.75, 3.05) is 26.2 Å². The molecule has 0 N–H and O–H groups in total. The first kappa shape index (κ1) is 15.9. The minimum atomic E-state index is -0.345. The Labute approximate surface area is 113 Å². The molecule has 0 unspecified atom stereocenters. The van der Waals surface area contributed by atoms with Gasteiger partial charge in [-0.1, -0.05) is 20.4 Å². The van der Waals surface area contributed by atoms with E-state index in [4.69, 9.17) is 4.74 Å². The molecule has 0 heterocycles. The van der Waals surface area contributed by atoms with Crippen LogP contribution in [0.1, 0.15) is 16.7 Å². The van der Waals surface area contributed by atoms with Crippen molar-refractivity contribution in [2.45, 2.75) is 13.8 Å². The second-order valence-electron chi connectivity index (χ2n) is 2.40. The van der Waals surface area contributed by atoms with Crippen molar-refractivity contribution in [3.05, 3.63) is 12.7 Å². The molecule has 0 fully saturated rings. The molecule has 0 aliphatic carbocycles. The van der Waals surface area contributed by atoms with Crippen molar-refractivity contribution in [1.82, 2.24) is 4.90 Å². The average Bonchev–Trinajstić information content (AvgIpc) is 2.12. The number of hydrogen-bond acceptors (Lipinski definition) is 3. The summed E-state index contributed by atoms with van der Waals surface area (Å²) < 4.78 is 4.83. The molecule has 0 spiro atoms. The van der Waals surface area contributed by atoms with Gasteiger partial charge in [-0.2, -0.15) is 0 Å². The largest absolute Gasteiger partial charge is 2.00 e. The SMILES string of the molecule is C=CC(=O)OCCN(CC)CC.[Ca+2].[H-].[H-]. The van der Waals surface area contributed by atoms with Gasteiger partial charge in [0.25, 0.3) is 0 Å². The number of nitrogens with zero attached hydrogens (tertiary/aromatic N) is 1. The van der Waals surface area contributed by atoms with Crippen LogP contribution in [0, 0.1) is 0 Å². The molecule has 0 bridgehead atoms. The van der Waals surface area contributed by atoms with E-state index in [0.717, 1.165) is 19.6 Å².